The average Bonchev–Trinajstić information content (AvgIpc) is 2.23. The topological polar surface area (TPSA) is 54.0 Å². The highest BCUT2D eigenvalue weighted by Gasteiger charge is 2.31. The van der Waals surface area contributed by atoms with Crippen molar-refractivity contribution in [3.05, 3.63) is 0 Å². The molecule has 0 aromatic carbocycles. The summed E-state index contributed by atoms with van der Waals surface area (Å²) >= 11 is 0. The van der Waals surface area contributed by atoms with Gasteiger partial charge in [-0.15, -0.1) is 0 Å². The third-order valence-electron chi connectivity index (χ3n) is 2.81. The van der Waals surface area contributed by atoms with Crippen molar-refractivity contribution in [3.63, 3.8) is 0 Å². The number of carbonyl (C=O) groups is 1. The second-order valence-electron chi connectivity index (χ2n) is 7.51. The van der Waals surface area contributed by atoms with E-state index in [0.717, 1.165) is 6.04 Å². The Hall–Kier alpha value is -0.216. The Morgan fingerprint density at radius 2 is 1.64 bits per heavy atom. The molecule has 2 unspecified atom stereocenters. The van der Waals surface area contributed by atoms with Gasteiger partial charge in [0.15, 0.2) is 16.6 Å². The van der Waals surface area contributed by atoms with Crippen molar-refractivity contribution in [3.8, 4) is 0 Å². The fourth-order valence-corrected chi connectivity index (χ4v) is 11.5. The number of methoxy groups -OCH3 is 1. The summed E-state index contributed by atoms with van der Waals surface area (Å²) in [6, 6.07) is 1.07. The Bertz CT molecular complexity index is 328. The fraction of sp³-hybridized carbons (Fsp3) is 0.933. The second kappa shape index (κ2) is 9.82. The van der Waals surface area contributed by atoms with Crippen LogP contribution in [-0.4, -0.2) is 55.6 Å². The van der Waals surface area contributed by atoms with Crippen molar-refractivity contribution in [2.75, 3.05) is 26.9 Å². The molecule has 5 nitrogen and oxygen atoms in total. The summed E-state index contributed by atoms with van der Waals surface area (Å²) in [6.07, 6.45) is -0.335. The van der Waals surface area contributed by atoms with Crippen LogP contribution in [0.5, 0.6) is 0 Å². The van der Waals surface area contributed by atoms with Gasteiger partial charge in [0, 0.05) is 20.6 Å². The van der Waals surface area contributed by atoms with Gasteiger partial charge in [-0.1, -0.05) is 6.92 Å². The van der Waals surface area contributed by atoms with Crippen LogP contribution < -0.4 is 0 Å². The molecule has 0 aliphatic heterocycles. The van der Waals surface area contributed by atoms with E-state index in [1.54, 1.807) is 7.11 Å². The van der Waals surface area contributed by atoms with Crippen LogP contribution in [0.3, 0.4) is 0 Å². The van der Waals surface area contributed by atoms with Gasteiger partial charge in [-0.2, -0.15) is 0 Å². The predicted octanol–water partition coefficient (Wildman–Crippen LogP) is 3.27. The van der Waals surface area contributed by atoms with Gasteiger partial charge in [-0.3, -0.25) is 4.79 Å². The van der Waals surface area contributed by atoms with Gasteiger partial charge in [0.2, 0.25) is 0 Å². The minimum Gasteiger partial charge on any atom is -0.458 e. The van der Waals surface area contributed by atoms with Crippen LogP contribution in [0, 0.1) is 5.92 Å². The molecule has 0 radical (unpaired) electrons. The van der Waals surface area contributed by atoms with E-state index in [-0.39, 0.29) is 12.1 Å². The third-order valence-corrected chi connectivity index (χ3v) is 9.15. The summed E-state index contributed by atoms with van der Waals surface area (Å²) < 4.78 is 22.2. The van der Waals surface area contributed by atoms with E-state index in [9.17, 15) is 4.79 Å². The molecule has 22 heavy (non-hydrogen) atoms. The van der Waals surface area contributed by atoms with E-state index >= 15 is 0 Å². The Kier molecular flexibility index (Phi) is 9.72. The number of esters is 1. The van der Waals surface area contributed by atoms with Crippen LogP contribution >= 0.6 is 0 Å². The Morgan fingerprint density at radius 3 is 2.09 bits per heavy atom. The maximum Gasteiger partial charge on any atom is 0.303 e. The molecule has 0 amide bonds. The summed E-state index contributed by atoms with van der Waals surface area (Å²) in [4.78, 5) is 11.0. The van der Waals surface area contributed by atoms with Crippen molar-refractivity contribution in [2.45, 2.75) is 58.7 Å². The summed E-state index contributed by atoms with van der Waals surface area (Å²) in [5.41, 5.74) is 0. The van der Waals surface area contributed by atoms with Gasteiger partial charge < -0.3 is 18.3 Å². The van der Waals surface area contributed by atoms with Gasteiger partial charge in [0.25, 0.3) is 0 Å². The molecule has 0 spiro atoms. The molecular formula is C15H34O5Si2. The zero-order chi connectivity index (χ0) is 17.4. The normalized spacial score (nSPS) is 15.5. The molecule has 0 rings (SSSR count). The van der Waals surface area contributed by atoms with Crippen LogP contribution in [0.4, 0.5) is 0 Å². The number of rotatable bonds is 11. The molecule has 0 aliphatic rings. The molecule has 0 fully saturated rings. The molecule has 0 saturated heterocycles. The highest BCUT2D eigenvalue weighted by Crippen LogP contribution is 2.22. The molecule has 0 aromatic rings. The highest BCUT2D eigenvalue weighted by molar-refractivity contribution is 6.84. The largest absolute Gasteiger partial charge is 0.458 e. The fourth-order valence-electron chi connectivity index (χ4n) is 2.71. The first-order valence-electron chi connectivity index (χ1n) is 7.89. The van der Waals surface area contributed by atoms with E-state index < -0.39 is 16.6 Å². The summed E-state index contributed by atoms with van der Waals surface area (Å²) in [5.74, 6) is 0.120. The molecule has 0 aliphatic carbocycles. The van der Waals surface area contributed by atoms with Gasteiger partial charge in [-0.05, 0) is 44.7 Å². The van der Waals surface area contributed by atoms with Crippen LogP contribution in [-0.2, 0) is 23.1 Å². The van der Waals surface area contributed by atoms with Crippen molar-refractivity contribution >= 4 is 22.6 Å². The van der Waals surface area contributed by atoms with Crippen LogP contribution in [0.2, 0.25) is 38.8 Å². The first-order valence-corrected chi connectivity index (χ1v) is 14.4. The van der Waals surface area contributed by atoms with Crippen LogP contribution in [0.25, 0.3) is 0 Å². The zero-order valence-electron chi connectivity index (χ0n) is 15.5. The van der Waals surface area contributed by atoms with Gasteiger partial charge in [0.05, 0.1) is 13.2 Å². The number of hydrogen-bond acceptors (Lipinski definition) is 5. The van der Waals surface area contributed by atoms with E-state index in [2.05, 4.69) is 39.7 Å². The standard InChI is InChI=1S/C15H34O5Si2/c1-13(12-22(7,8)20-21(4,5)6)9-18-11-15(10-17-3)19-14(2)16/h13,15H,9-12H2,1-8H3. The minimum absolute atomic E-state index is 0.309. The van der Waals surface area contributed by atoms with Gasteiger partial charge >= 0.3 is 5.97 Å². The monoisotopic (exact) mass is 350 g/mol. The third kappa shape index (κ3) is 12.3. The zero-order valence-corrected chi connectivity index (χ0v) is 17.5. The van der Waals surface area contributed by atoms with Crippen molar-refractivity contribution in [2.24, 2.45) is 5.92 Å². The Balaban J connectivity index is 4.15. The lowest BCUT2D eigenvalue weighted by molar-refractivity contribution is -0.152. The van der Waals surface area contributed by atoms with Crippen LogP contribution in [0.1, 0.15) is 13.8 Å². The molecule has 0 saturated carbocycles. The smallest absolute Gasteiger partial charge is 0.303 e. The minimum atomic E-state index is -1.65. The Labute approximate surface area is 137 Å². The number of ether oxygens (including phenoxy) is 3. The molecule has 7 heteroatoms. The van der Waals surface area contributed by atoms with Crippen molar-refractivity contribution < 1.29 is 23.1 Å². The van der Waals surface area contributed by atoms with Gasteiger partial charge in [-0.25, -0.2) is 0 Å². The van der Waals surface area contributed by atoms with Gasteiger partial charge in [0.1, 0.15) is 6.10 Å². The molecular weight excluding hydrogens is 316 g/mol. The quantitative estimate of drug-likeness (QED) is 0.423. The van der Waals surface area contributed by atoms with Crippen molar-refractivity contribution in [1.82, 2.24) is 0 Å². The molecule has 0 bridgehead atoms. The number of hydrogen-bond donors (Lipinski definition) is 0. The summed E-state index contributed by atoms with van der Waals surface area (Å²) in [6.45, 7) is 16.2. The maximum absolute atomic E-state index is 11.0. The number of carbonyl (C=O) groups excluding carboxylic acids is 1. The molecule has 132 valence electrons. The first-order chi connectivity index (χ1) is 9.95. The average molecular weight is 351 g/mol. The maximum atomic E-state index is 11.0. The van der Waals surface area contributed by atoms with E-state index in [1.807, 2.05) is 0 Å². The lowest BCUT2D eigenvalue weighted by Gasteiger charge is -2.33. The molecule has 2 atom stereocenters. The van der Waals surface area contributed by atoms with Crippen LogP contribution in [0.15, 0.2) is 0 Å². The van der Waals surface area contributed by atoms with E-state index in [4.69, 9.17) is 18.3 Å². The lowest BCUT2D eigenvalue weighted by Crippen LogP contribution is -2.43. The SMILES string of the molecule is COCC(COCC(C)C[Si](C)(C)O[Si](C)(C)C)OC(C)=O. The van der Waals surface area contributed by atoms with E-state index in [0.29, 0.717) is 25.7 Å². The molecule has 0 N–H and O–H groups in total. The first kappa shape index (κ1) is 21.8. The predicted molar refractivity (Wildman–Crippen MR) is 94.1 cm³/mol. The molecule has 0 aromatic heterocycles. The Morgan fingerprint density at radius 1 is 1.05 bits per heavy atom. The summed E-state index contributed by atoms with van der Waals surface area (Å²) in [5, 5.41) is 0. The second-order valence-corrected chi connectivity index (χ2v) is 16.5. The lowest BCUT2D eigenvalue weighted by atomic mass is 10.2. The summed E-state index contributed by atoms with van der Waals surface area (Å²) in [7, 11) is -1.56. The highest BCUT2D eigenvalue weighted by atomic mass is 28.4. The van der Waals surface area contributed by atoms with E-state index in [1.165, 1.54) is 6.92 Å². The molecule has 0 heterocycles. The van der Waals surface area contributed by atoms with Crippen molar-refractivity contribution in [1.29, 1.82) is 0 Å².